The van der Waals surface area contributed by atoms with Crippen LogP contribution in [0.5, 0.6) is 17.2 Å². The Hall–Kier alpha value is -3.84. The van der Waals surface area contributed by atoms with E-state index in [4.69, 9.17) is 25.8 Å². The van der Waals surface area contributed by atoms with Gasteiger partial charge in [-0.3, -0.25) is 4.79 Å². The maximum Gasteiger partial charge on any atom is 0.345 e. The summed E-state index contributed by atoms with van der Waals surface area (Å²) >= 11 is 6.05. The summed E-state index contributed by atoms with van der Waals surface area (Å²) in [6, 6.07) is 17.1. The molecule has 0 aliphatic carbocycles. The quantitative estimate of drug-likeness (QED) is 0.225. The highest BCUT2D eigenvalue weighted by Gasteiger charge is 2.15. The Morgan fingerprint density at radius 3 is 2.55 bits per heavy atom. The fourth-order valence-electron chi connectivity index (χ4n) is 2.87. The first-order valence-corrected chi connectivity index (χ1v) is 10.4. The summed E-state index contributed by atoms with van der Waals surface area (Å²) in [7, 11) is 1.45. The number of benzene rings is 3. The van der Waals surface area contributed by atoms with E-state index in [0.717, 1.165) is 11.1 Å². The van der Waals surface area contributed by atoms with Crippen LogP contribution in [-0.2, 0) is 4.79 Å². The summed E-state index contributed by atoms with van der Waals surface area (Å²) in [4.78, 5) is 24.4. The topological polar surface area (TPSA) is 86.2 Å². The Bertz CT molecular complexity index is 1190. The molecule has 0 unspecified atom stereocenters. The van der Waals surface area contributed by atoms with Crippen molar-refractivity contribution in [2.45, 2.75) is 13.8 Å². The smallest absolute Gasteiger partial charge is 0.345 e. The number of amides is 1. The molecule has 0 spiro atoms. The van der Waals surface area contributed by atoms with Crippen LogP contribution in [0.4, 0.5) is 0 Å². The monoisotopic (exact) mass is 466 g/mol. The molecular weight excluding hydrogens is 444 g/mol. The van der Waals surface area contributed by atoms with Gasteiger partial charge in [0.15, 0.2) is 18.1 Å². The molecule has 0 saturated heterocycles. The molecule has 0 saturated carbocycles. The van der Waals surface area contributed by atoms with Crippen molar-refractivity contribution in [3.8, 4) is 17.2 Å². The van der Waals surface area contributed by atoms with Gasteiger partial charge >= 0.3 is 5.97 Å². The second-order valence-electron chi connectivity index (χ2n) is 7.06. The molecule has 0 bridgehead atoms. The second-order valence-corrected chi connectivity index (χ2v) is 7.47. The molecule has 33 heavy (non-hydrogen) atoms. The Labute approximate surface area is 196 Å². The van der Waals surface area contributed by atoms with Crippen LogP contribution in [0.3, 0.4) is 0 Å². The minimum absolute atomic E-state index is 0.165. The van der Waals surface area contributed by atoms with Crippen molar-refractivity contribution in [3.05, 3.63) is 87.9 Å². The fourth-order valence-corrected chi connectivity index (χ4v) is 3.08. The number of hydrogen-bond donors (Lipinski definition) is 1. The lowest BCUT2D eigenvalue weighted by atomic mass is 10.1. The number of hydrazone groups is 1. The van der Waals surface area contributed by atoms with E-state index in [-0.39, 0.29) is 17.9 Å². The van der Waals surface area contributed by atoms with E-state index in [0.29, 0.717) is 22.1 Å². The lowest BCUT2D eigenvalue weighted by Gasteiger charge is -2.11. The molecule has 0 aromatic heterocycles. The Kier molecular flexibility index (Phi) is 8.05. The number of nitrogens with zero attached hydrogens (tertiary/aromatic N) is 1. The molecule has 3 aromatic rings. The minimum atomic E-state index is -0.601. The maximum absolute atomic E-state index is 12.4. The van der Waals surface area contributed by atoms with Gasteiger partial charge in [-0.25, -0.2) is 10.2 Å². The standard InChI is InChI=1S/C25H23ClN2O5/c1-16-7-6-10-21(17(16)2)32-15-24(29)28-27-14-18-11-12-22(23(13-18)31-3)33-25(30)19-8-4-5-9-20(19)26/h4-14H,15H2,1-3H3,(H,28,29)/b27-14+. The Morgan fingerprint density at radius 1 is 1.00 bits per heavy atom. The predicted molar refractivity (Wildman–Crippen MR) is 127 cm³/mol. The zero-order valence-electron chi connectivity index (χ0n) is 18.4. The van der Waals surface area contributed by atoms with Crippen molar-refractivity contribution >= 4 is 29.7 Å². The Balaban J connectivity index is 1.58. The molecule has 0 radical (unpaired) electrons. The first kappa shape index (κ1) is 23.8. The first-order chi connectivity index (χ1) is 15.9. The summed E-state index contributed by atoms with van der Waals surface area (Å²) in [5, 5.41) is 4.23. The van der Waals surface area contributed by atoms with Gasteiger partial charge in [0.05, 0.1) is 23.9 Å². The zero-order valence-corrected chi connectivity index (χ0v) is 19.2. The molecule has 3 rings (SSSR count). The number of carbonyl (C=O) groups excluding carboxylic acids is 2. The molecule has 0 heterocycles. The average Bonchev–Trinajstić information content (AvgIpc) is 2.81. The third-order valence-electron chi connectivity index (χ3n) is 4.80. The summed E-state index contributed by atoms with van der Waals surface area (Å²) < 4.78 is 16.3. The van der Waals surface area contributed by atoms with E-state index < -0.39 is 11.9 Å². The molecule has 0 aliphatic rings. The number of esters is 1. The maximum atomic E-state index is 12.4. The van der Waals surface area contributed by atoms with Crippen LogP contribution in [0.15, 0.2) is 65.8 Å². The van der Waals surface area contributed by atoms with E-state index in [1.807, 2.05) is 32.0 Å². The normalized spacial score (nSPS) is 10.7. The van der Waals surface area contributed by atoms with Crippen molar-refractivity contribution in [2.75, 3.05) is 13.7 Å². The lowest BCUT2D eigenvalue weighted by Crippen LogP contribution is -2.24. The van der Waals surface area contributed by atoms with Gasteiger partial charge in [-0.1, -0.05) is 35.9 Å². The highest BCUT2D eigenvalue weighted by molar-refractivity contribution is 6.33. The van der Waals surface area contributed by atoms with Crippen molar-refractivity contribution in [2.24, 2.45) is 5.10 Å². The van der Waals surface area contributed by atoms with Crippen molar-refractivity contribution in [3.63, 3.8) is 0 Å². The average molecular weight is 467 g/mol. The number of carbonyl (C=O) groups is 2. The Morgan fingerprint density at radius 2 is 1.79 bits per heavy atom. The predicted octanol–water partition coefficient (Wildman–Crippen LogP) is 4.71. The number of halogens is 1. The number of ether oxygens (including phenoxy) is 3. The van der Waals surface area contributed by atoms with Gasteiger partial charge in [0.1, 0.15) is 5.75 Å². The number of nitrogens with one attached hydrogen (secondary N) is 1. The summed E-state index contributed by atoms with van der Waals surface area (Å²) in [6.45, 7) is 3.75. The third-order valence-corrected chi connectivity index (χ3v) is 5.13. The van der Waals surface area contributed by atoms with Gasteiger partial charge in [0.25, 0.3) is 5.91 Å². The summed E-state index contributed by atoms with van der Waals surface area (Å²) in [6.07, 6.45) is 1.44. The summed E-state index contributed by atoms with van der Waals surface area (Å²) in [5.41, 5.74) is 5.35. The van der Waals surface area contributed by atoms with Crippen LogP contribution in [-0.4, -0.2) is 31.8 Å². The molecule has 7 nitrogen and oxygen atoms in total. The van der Waals surface area contributed by atoms with Crippen molar-refractivity contribution in [1.29, 1.82) is 0 Å². The molecule has 1 N–H and O–H groups in total. The van der Waals surface area contributed by atoms with Gasteiger partial charge in [-0.2, -0.15) is 5.10 Å². The van der Waals surface area contributed by atoms with Gasteiger partial charge in [0.2, 0.25) is 0 Å². The molecule has 0 fully saturated rings. The lowest BCUT2D eigenvalue weighted by molar-refractivity contribution is -0.123. The van der Waals surface area contributed by atoms with Crippen LogP contribution in [0.1, 0.15) is 27.0 Å². The van der Waals surface area contributed by atoms with Crippen molar-refractivity contribution < 1.29 is 23.8 Å². The van der Waals surface area contributed by atoms with E-state index in [9.17, 15) is 9.59 Å². The van der Waals surface area contributed by atoms with Gasteiger partial charge in [0, 0.05) is 0 Å². The molecule has 3 aromatic carbocycles. The SMILES string of the molecule is COc1cc(/C=N/NC(=O)COc2cccc(C)c2C)ccc1OC(=O)c1ccccc1Cl. The van der Waals surface area contributed by atoms with E-state index in [1.165, 1.54) is 13.3 Å². The number of rotatable bonds is 8. The van der Waals surface area contributed by atoms with Crippen LogP contribution in [0.2, 0.25) is 5.02 Å². The summed E-state index contributed by atoms with van der Waals surface area (Å²) in [5.74, 6) is 0.205. The molecular formula is C25H23ClN2O5. The van der Waals surface area contributed by atoms with E-state index >= 15 is 0 Å². The molecule has 1 amide bonds. The molecule has 8 heteroatoms. The third kappa shape index (κ3) is 6.33. The molecule has 0 aliphatic heterocycles. The fraction of sp³-hybridized carbons (Fsp3) is 0.160. The largest absolute Gasteiger partial charge is 0.493 e. The first-order valence-electron chi connectivity index (χ1n) is 10.0. The molecule has 0 atom stereocenters. The van der Waals surface area contributed by atoms with Gasteiger partial charge in [-0.15, -0.1) is 0 Å². The van der Waals surface area contributed by atoms with Gasteiger partial charge in [-0.05, 0) is 66.9 Å². The van der Waals surface area contributed by atoms with Crippen LogP contribution >= 0.6 is 11.6 Å². The minimum Gasteiger partial charge on any atom is -0.493 e. The highest BCUT2D eigenvalue weighted by Crippen LogP contribution is 2.29. The van der Waals surface area contributed by atoms with Crippen LogP contribution in [0, 0.1) is 13.8 Å². The number of aryl methyl sites for hydroxylation is 1. The number of hydrogen-bond acceptors (Lipinski definition) is 6. The van der Waals surface area contributed by atoms with Crippen molar-refractivity contribution in [1.82, 2.24) is 5.43 Å². The molecule has 170 valence electrons. The van der Waals surface area contributed by atoms with E-state index in [2.05, 4.69) is 10.5 Å². The number of methoxy groups -OCH3 is 1. The zero-order chi connectivity index (χ0) is 23.8. The van der Waals surface area contributed by atoms with Crippen LogP contribution in [0.25, 0.3) is 0 Å². The van der Waals surface area contributed by atoms with Crippen LogP contribution < -0.4 is 19.6 Å². The van der Waals surface area contributed by atoms with Gasteiger partial charge < -0.3 is 14.2 Å². The second kappa shape index (κ2) is 11.2. The highest BCUT2D eigenvalue weighted by atomic mass is 35.5. The van der Waals surface area contributed by atoms with E-state index in [1.54, 1.807) is 42.5 Å².